The summed E-state index contributed by atoms with van der Waals surface area (Å²) >= 11 is 12.1. The van der Waals surface area contributed by atoms with Crippen molar-refractivity contribution in [3.8, 4) is 0 Å². The van der Waals surface area contributed by atoms with E-state index in [1.165, 1.54) is 0 Å². The normalized spacial score (nSPS) is 10.5. The van der Waals surface area contributed by atoms with Crippen LogP contribution < -0.4 is 5.32 Å². The van der Waals surface area contributed by atoms with Crippen molar-refractivity contribution in [2.75, 3.05) is 5.32 Å². The number of amides is 1. The van der Waals surface area contributed by atoms with Gasteiger partial charge in [0.15, 0.2) is 0 Å². The van der Waals surface area contributed by atoms with Gasteiger partial charge in [-0.05, 0) is 43.2 Å². The van der Waals surface area contributed by atoms with Crippen molar-refractivity contribution in [3.63, 3.8) is 0 Å². The summed E-state index contributed by atoms with van der Waals surface area (Å²) in [5.74, 6) is -0.246. The van der Waals surface area contributed by atoms with Crippen LogP contribution in [0.4, 0.5) is 5.69 Å². The minimum Gasteiger partial charge on any atom is -0.321 e. The molecule has 5 heteroatoms. The fourth-order valence-electron chi connectivity index (χ4n) is 2.00. The number of anilines is 1. The number of carbonyl (C=O) groups is 1. The van der Waals surface area contributed by atoms with Crippen molar-refractivity contribution in [3.05, 3.63) is 57.3 Å². The Kier molecular flexibility index (Phi) is 5.21. The molecule has 110 valence electrons. The van der Waals surface area contributed by atoms with Crippen LogP contribution in [0.3, 0.4) is 0 Å². The SMILES string of the molecule is CCCc1cc(C(=O)Nc2cc(C)ccc2Cl)cc(Cl)n1. The maximum Gasteiger partial charge on any atom is 0.255 e. The summed E-state index contributed by atoms with van der Waals surface area (Å²) in [5, 5.41) is 3.63. The number of rotatable bonds is 4. The standard InChI is InChI=1S/C16H16Cl2N2O/c1-3-4-12-8-11(9-15(18)19-12)16(21)20-14-7-10(2)5-6-13(14)17/h5-9H,3-4H2,1-2H3,(H,20,21). The van der Waals surface area contributed by atoms with Crippen LogP contribution in [0.5, 0.6) is 0 Å². The Bertz CT molecular complexity index is 671. The van der Waals surface area contributed by atoms with Gasteiger partial charge in [-0.1, -0.05) is 42.6 Å². The number of hydrogen-bond acceptors (Lipinski definition) is 2. The number of halogens is 2. The smallest absolute Gasteiger partial charge is 0.255 e. The van der Waals surface area contributed by atoms with Crippen LogP contribution in [0, 0.1) is 6.92 Å². The van der Waals surface area contributed by atoms with Gasteiger partial charge in [0.1, 0.15) is 5.15 Å². The summed E-state index contributed by atoms with van der Waals surface area (Å²) in [5.41, 5.74) is 2.90. The van der Waals surface area contributed by atoms with E-state index in [1.54, 1.807) is 18.2 Å². The van der Waals surface area contributed by atoms with E-state index >= 15 is 0 Å². The molecule has 0 aliphatic rings. The highest BCUT2D eigenvalue weighted by molar-refractivity contribution is 6.34. The molecule has 0 atom stereocenters. The molecular weight excluding hydrogens is 307 g/mol. The molecule has 1 N–H and O–H groups in total. The Morgan fingerprint density at radius 3 is 2.71 bits per heavy atom. The number of benzene rings is 1. The molecule has 2 aromatic rings. The molecule has 0 aliphatic heterocycles. The summed E-state index contributed by atoms with van der Waals surface area (Å²) in [7, 11) is 0. The average molecular weight is 323 g/mol. The third-order valence-electron chi connectivity index (χ3n) is 2.99. The third kappa shape index (κ3) is 4.19. The van der Waals surface area contributed by atoms with E-state index in [-0.39, 0.29) is 5.91 Å². The van der Waals surface area contributed by atoms with Crippen LogP contribution >= 0.6 is 23.2 Å². The molecule has 21 heavy (non-hydrogen) atoms. The lowest BCUT2D eigenvalue weighted by atomic mass is 10.1. The van der Waals surface area contributed by atoms with Crippen molar-refractivity contribution in [1.29, 1.82) is 0 Å². The molecule has 0 saturated carbocycles. The Morgan fingerprint density at radius 2 is 2.00 bits per heavy atom. The molecule has 0 saturated heterocycles. The topological polar surface area (TPSA) is 42.0 Å². The van der Waals surface area contributed by atoms with Crippen molar-refractivity contribution < 1.29 is 4.79 Å². The second-order valence-corrected chi connectivity index (χ2v) is 5.65. The lowest BCUT2D eigenvalue weighted by molar-refractivity contribution is 0.102. The van der Waals surface area contributed by atoms with E-state index in [0.29, 0.717) is 21.4 Å². The first kappa shape index (κ1) is 15.8. The molecule has 1 amide bonds. The molecule has 0 aliphatic carbocycles. The molecule has 2 rings (SSSR count). The van der Waals surface area contributed by atoms with Crippen LogP contribution in [-0.4, -0.2) is 10.9 Å². The Morgan fingerprint density at radius 1 is 1.24 bits per heavy atom. The fourth-order valence-corrected chi connectivity index (χ4v) is 2.39. The van der Waals surface area contributed by atoms with Crippen molar-refractivity contribution >= 4 is 34.8 Å². The van der Waals surface area contributed by atoms with E-state index in [0.717, 1.165) is 24.1 Å². The minimum absolute atomic E-state index is 0.246. The van der Waals surface area contributed by atoms with E-state index < -0.39 is 0 Å². The Hall–Kier alpha value is -1.58. The van der Waals surface area contributed by atoms with Gasteiger partial charge in [0, 0.05) is 11.3 Å². The summed E-state index contributed by atoms with van der Waals surface area (Å²) in [6, 6.07) is 8.79. The number of hydrogen-bond donors (Lipinski definition) is 1. The van der Waals surface area contributed by atoms with E-state index in [1.807, 2.05) is 19.1 Å². The van der Waals surface area contributed by atoms with Gasteiger partial charge in [-0.2, -0.15) is 0 Å². The second kappa shape index (κ2) is 6.92. The zero-order chi connectivity index (χ0) is 15.4. The summed E-state index contributed by atoms with van der Waals surface area (Å²) in [4.78, 5) is 16.5. The van der Waals surface area contributed by atoms with E-state index in [9.17, 15) is 4.79 Å². The minimum atomic E-state index is -0.246. The number of aromatic nitrogens is 1. The Labute approximate surface area is 134 Å². The molecule has 0 unspecified atom stereocenters. The molecule has 0 fully saturated rings. The molecule has 3 nitrogen and oxygen atoms in total. The van der Waals surface area contributed by atoms with Gasteiger partial charge in [-0.3, -0.25) is 4.79 Å². The maximum absolute atomic E-state index is 12.3. The number of nitrogens with one attached hydrogen (secondary N) is 1. The predicted molar refractivity (Wildman–Crippen MR) is 87.4 cm³/mol. The summed E-state index contributed by atoms with van der Waals surface area (Å²) in [6.07, 6.45) is 1.73. The number of aryl methyl sites for hydroxylation is 2. The zero-order valence-corrected chi connectivity index (χ0v) is 13.4. The number of carbonyl (C=O) groups excluding carboxylic acids is 1. The maximum atomic E-state index is 12.3. The molecule has 0 bridgehead atoms. The second-order valence-electron chi connectivity index (χ2n) is 4.86. The molecule has 0 spiro atoms. The highest BCUT2D eigenvalue weighted by atomic mass is 35.5. The first-order chi connectivity index (χ1) is 9.99. The highest BCUT2D eigenvalue weighted by Gasteiger charge is 2.11. The molecular formula is C16H16Cl2N2O. The van der Waals surface area contributed by atoms with Crippen molar-refractivity contribution in [1.82, 2.24) is 4.98 Å². The first-order valence-corrected chi connectivity index (χ1v) is 7.49. The van der Waals surface area contributed by atoms with E-state index in [4.69, 9.17) is 23.2 Å². The van der Waals surface area contributed by atoms with Gasteiger partial charge in [0.25, 0.3) is 5.91 Å². The third-order valence-corrected chi connectivity index (χ3v) is 3.51. The van der Waals surface area contributed by atoms with Crippen LogP contribution in [0.15, 0.2) is 30.3 Å². The Balaban J connectivity index is 2.25. The molecule has 1 heterocycles. The van der Waals surface area contributed by atoms with Crippen molar-refractivity contribution in [2.24, 2.45) is 0 Å². The van der Waals surface area contributed by atoms with Gasteiger partial charge in [0.05, 0.1) is 10.7 Å². The van der Waals surface area contributed by atoms with Gasteiger partial charge in [0.2, 0.25) is 0 Å². The van der Waals surface area contributed by atoms with Crippen molar-refractivity contribution in [2.45, 2.75) is 26.7 Å². The van der Waals surface area contributed by atoms with Crippen LogP contribution in [0.1, 0.15) is 35.0 Å². The monoisotopic (exact) mass is 322 g/mol. The average Bonchev–Trinajstić information content (AvgIpc) is 2.42. The van der Waals surface area contributed by atoms with Crippen LogP contribution in [0.2, 0.25) is 10.2 Å². The molecule has 0 radical (unpaired) electrons. The first-order valence-electron chi connectivity index (χ1n) is 6.73. The van der Waals surface area contributed by atoms with Crippen LogP contribution in [0.25, 0.3) is 0 Å². The molecule has 1 aromatic carbocycles. The highest BCUT2D eigenvalue weighted by Crippen LogP contribution is 2.23. The lowest BCUT2D eigenvalue weighted by Crippen LogP contribution is -2.13. The summed E-state index contributed by atoms with van der Waals surface area (Å²) < 4.78 is 0. The van der Waals surface area contributed by atoms with Gasteiger partial charge >= 0.3 is 0 Å². The fraction of sp³-hybridized carbons (Fsp3) is 0.250. The van der Waals surface area contributed by atoms with Gasteiger partial charge < -0.3 is 5.32 Å². The number of nitrogens with zero attached hydrogens (tertiary/aromatic N) is 1. The van der Waals surface area contributed by atoms with E-state index in [2.05, 4.69) is 17.2 Å². The number of pyridine rings is 1. The predicted octanol–water partition coefficient (Wildman–Crippen LogP) is 4.90. The molecule has 1 aromatic heterocycles. The lowest BCUT2D eigenvalue weighted by Gasteiger charge is -2.09. The zero-order valence-electron chi connectivity index (χ0n) is 11.9. The summed E-state index contributed by atoms with van der Waals surface area (Å²) in [6.45, 7) is 3.99. The van der Waals surface area contributed by atoms with Gasteiger partial charge in [-0.15, -0.1) is 0 Å². The quantitative estimate of drug-likeness (QED) is 0.813. The largest absolute Gasteiger partial charge is 0.321 e. The van der Waals surface area contributed by atoms with Gasteiger partial charge in [-0.25, -0.2) is 4.98 Å². The van der Waals surface area contributed by atoms with Crippen LogP contribution in [-0.2, 0) is 6.42 Å².